The summed E-state index contributed by atoms with van der Waals surface area (Å²) in [6.45, 7) is 5.86. The molecule has 2 aromatic rings. The molecule has 1 amide bonds. The fraction of sp³-hybridized carbons (Fsp3) is 0.250. The number of benzene rings is 1. The summed E-state index contributed by atoms with van der Waals surface area (Å²) in [5.41, 5.74) is 2.57. The van der Waals surface area contributed by atoms with Crippen LogP contribution in [0.25, 0.3) is 0 Å². The van der Waals surface area contributed by atoms with Crippen LogP contribution in [0, 0.1) is 11.3 Å². The van der Waals surface area contributed by atoms with Gasteiger partial charge in [0, 0.05) is 16.5 Å². The smallest absolute Gasteiger partial charge is 0.288 e. The molecule has 0 fully saturated rings. The van der Waals surface area contributed by atoms with Crippen LogP contribution in [0.4, 0.5) is 11.5 Å². The number of amides is 1. The van der Waals surface area contributed by atoms with Crippen LogP contribution < -0.4 is 10.7 Å². The van der Waals surface area contributed by atoms with Crippen molar-refractivity contribution >= 4 is 34.7 Å². The number of carbonyl (C=O) groups excluding carboxylic acids is 1. The summed E-state index contributed by atoms with van der Waals surface area (Å²) >= 11 is 5.85. The second-order valence-corrected chi connectivity index (χ2v) is 6.41. The maximum atomic E-state index is 12.1. The van der Waals surface area contributed by atoms with Gasteiger partial charge in [0.2, 0.25) is 5.71 Å². The van der Waals surface area contributed by atoms with E-state index < -0.39 is 5.91 Å². The minimum Gasteiger partial charge on any atom is -0.359 e. The molecule has 7 nitrogen and oxygen atoms in total. The Kier molecular flexibility index (Phi) is 5.21. The molecule has 0 radical (unpaired) electrons. The molecule has 124 valence electrons. The largest absolute Gasteiger partial charge is 0.359 e. The number of nitriles is 1. The highest BCUT2D eigenvalue weighted by Gasteiger charge is 2.21. The molecule has 0 saturated carbocycles. The number of nitrogens with zero attached hydrogens (tertiary/aromatic N) is 3. The summed E-state index contributed by atoms with van der Waals surface area (Å²) in [4.78, 5) is 12.1. The Morgan fingerprint density at radius 3 is 2.71 bits per heavy atom. The molecule has 0 aliphatic rings. The van der Waals surface area contributed by atoms with Crippen LogP contribution in [0.3, 0.4) is 0 Å². The minimum atomic E-state index is -0.694. The van der Waals surface area contributed by atoms with E-state index in [0.29, 0.717) is 16.5 Å². The highest BCUT2D eigenvalue weighted by atomic mass is 35.5. The average molecular weight is 346 g/mol. The zero-order valence-electron chi connectivity index (χ0n) is 13.4. The van der Waals surface area contributed by atoms with Gasteiger partial charge in [-0.3, -0.25) is 10.2 Å². The van der Waals surface area contributed by atoms with Crippen molar-refractivity contribution in [2.45, 2.75) is 26.2 Å². The topological polar surface area (TPSA) is 103 Å². The number of anilines is 2. The molecule has 0 unspecified atom stereocenters. The molecule has 1 aromatic heterocycles. The lowest BCUT2D eigenvalue weighted by Crippen LogP contribution is -2.22. The van der Waals surface area contributed by atoms with E-state index in [-0.39, 0.29) is 16.9 Å². The summed E-state index contributed by atoms with van der Waals surface area (Å²) in [6, 6.07) is 10.1. The Morgan fingerprint density at radius 1 is 1.38 bits per heavy atom. The summed E-state index contributed by atoms with van der Waals surface area (Å²) in [6.07, 6.45) is 0. The maximum absolute atomic E-state index is 12.1. The Hall–Kier alpha value is -2.85. The SMILES string of the molecule is CC(C)(C)c1cc(NC(=O)/C(C#N)=N\Nc2cccc(Cl)c2)no1. The molecule has 1 heterocycles. The van der Waals surface area contributed by atoms with Gasteiger partial charge in [-0.25, -0.2) is 0 Å². The lowest BCUT2D eigenvalue weighted by Gasteiger charge is -2.11. The van der Waals surface area contributed by atoms with Crippen LogP contribution in [0.15, 0.2) is 40.0 Å². The fourth-order valence-electron chi connectivity index (χ4n) is 1.67. The third-order valence-electron chi connectivity index (χ3n) is 2.93. The van der Waals surface area contributed by atoms with Crippen LogP contribution in [0.1, 0.15) is 26.5 Å². The van der Waals surface area contributed by atoms with Gasteiger partial charge in [0.05, 0.1) is 5.69 Å². The number of hydrogen-bond donors (Lipinski definition) is 2. The van der Waals surface area contributed by atoms with Crippen molar-refractivity contribution in [3.8, 4) is 6.07 Å². The summed E-state index contributed by atoms with van der Waals surface area (Å²) in [7, 11) is 0. The van der Waals surface area contributed by atoms with Gasteiger partial charge in [-0.05, 0) is 18.2 Å². The van der Waals surface area contributed by atoms with E-state index in [1.807, 2.05) is 20.8 Å². The Balaban J connectivity index is 2.07. The van der Waals surface area contributed by atoms with Crippen molar-refractivity contribution < 1.29 is 9.32 Å². The second-order valence-electron chi connectivity index (χ2n) is 5.97. The molecule has 0 aliphatic carbocycles. The number of nitrogens with one attached hydrogen (secondary N) is 2. The van der Waals surface area contributed by atoms with Gasteiger partial charge in [0.25, 0.3) is 5.91 Å². The van der Waals surface area contributed by atoms with Gasteiger partial charge in [-0.2, -0.15) is 10.4 Å². The third kappa shape index (κ3) is 4.57. The predicted molar refractivity (Wildman–Crippen MR) is 92.0 cm³/mol. The Labute approximate surface area is 144 Å². The first-order valence-electron chi connectivity index (χ1n) is 7.07. The fourth-order valence-corrected chi connectivity index (χ4v) is 1.86. The van der Waals surface area contributed by atoms with Crippen LogP contribution >= 0.6 is 11.6 Å². The Morgan fingerprint density at radius 2 is 2.12 bits per heavy atom. The first-order valence-corrected chi connectivity index (χ1v) is 7.45. The number of hydrogen-bond acceptors (Lipinski definition) is 6. The van der Waals surface area contributed by atoms with Crippen LogP contribution in [0.2, 0.25) is 5.02 Å². The zero-order valence-corrected chi connectivity index (χ0v) is 14.2. The van der Waals surface area contributed by atoms with Gasteiger partial charge in [-0.1, -0.05) is 43.6 Å². The van der Waals surface area contributed by atoms with Crippen LogP contribution in [-0.4, -0.2) is 16.8 Å². The molecule has 0 saturated heterocycles. The van der Waals surface area contributed by atoms with Gasteiger partial charge < -0.3 is 9.84 Å². The van der Waals surface area contributed by atoms with E-state index in [0.717, 1.165) is 0 Å². The van der Waals surface area contributed by atoms with Crippen LogP contribution in [0.5, 0.6) is 0 Å². The lowest BCUT2D eigenvalue weighted by molar-refractivity contribution is -0.110. The molecule has 2 N–H and O–H groups in total. The molecule has 0 aliphatic heterocycles. The van der Waals surface area contributed by atoms with E-state index in [9.17, 15) is 4.79 Å². The third-order valence-corrected chi connectivity index (χ3v) is 3.17. The van der Waals surface area contributed by atoms with Crippen molar-refractivity contribution in [3.05, 3.63) is 41.1 Å². The molecule has 0 spiro atoms. The molecule has 0 atom stereocenters. The quantitative estimate of drug-likeness (QED) is 0.651. The number of rotatable bonds is 4. The first kappa shape index (κ1) is 17.5. The molecule has 0 bridgehead atoms. The van der Waals surface area contributed by atoms with Crippen molar-refractivity contribution in [2.75, 3.05) is 10.7 Å². The standard InChI is InChI=1S/C16H16ClN5O2/c1-16(2,3)13-8-14(22-24-13)19-15(23)12(9-18)21-20-11-6-4-5-10(17)7-11/h4-8,20H,1-3H3,(H,19,22,23)/b21-12-. The first-order chi connectivity index (χ1) is 11.3. The van der Waals surface area contributed by atoms with Crippen molar-refractivity contribution in [1.82, 2.24) is 5.16 Å². The predicted octanol–water partition coefficient (Wildman–Crippen LogP) is 3.56. The monoisotopic (exact) mass is 345 g/mol. The number of halogens is 1. The Bertz CT molecular complexity index is 814. The lowest BCUT2D eigenvalue weighted by atomic mass is 9.93. The number of aromatic nitrogens is 1. The molecule has 1 aromatic carbocycles. The van der Waals surface area contributed by atoms with E-state index in [2.05, 4.69) is 21.0 Å². The van der Waals surface area contributed by atoms with Gasteiger partial charge in [0.15, 0.2) is 5.82 Å². The zero-order chi connectivity index (χ0) is 17.7. The van der Waals surface area contributed by atoms with E-state index in [4.69, 9.17) is 21.4 Å². The highest BCUT2D eigenvalue weighted by molar-refractivity contribution is 6.48. The molecular formula is C16H16ClN5O2. The van der Waals surface area contributed by atoms with Crippen molar-refractivity contribution in [1.29, 1.82) is 5.26 Å². The number of hydrazone groups is 1. The minimum absolute atomic E-state index is 0.218. The van der Waals surface area contributed by atoms with E-state index in [1.165, 1.54) is 0 Å². The van der Waals surface area contributed by atoms with Gasteiger partial charge in [0.1, 0.15) is 11.8 Å². The molecule has 8 heteroatoms. The summed E-state index contributed by atoms with van der Waals surface area (Å²) < 4.78 is 5.17. The average Bonchev–Trinajstić information content (AvgIpc) is 2.96. The van der Waals surface area contributed by atoms with E-state index >= 15 is 0 Å². The normalized spacial score (nSPS) is 11.7. The van der Waals surface area contributed by atoms with Crippen molar-refractivity contribution in [3.63, 3.8) is 0 Å². The van der Waals surface area contributed by atoms with Crippen LogP contribution in [-0.2, 0) is 10.2 Å². The molecule has 2 rings (SSSR count). The molecule has 24 heavy (non-hydrogen) atoms. The van der Waals surface area contributed by atoms with E-state index in [1.54, 1.807) is 36.4 Å². The second kappa shape index (κ2) is 7.15. The summed E-state index contributed by atoms with van der Waals surface area (Å²) in [5.74, 6) is 0.140. The highest BCUT2D eigenvalue weighted by Crippen LogP contribution is 2.24. The maximum Gasteiger partial charge on any atom is 0.288 e. The molecular weight excluding hydrogens is 330 g/mol. The van der Waals surface area contributed by atoms with Gasteiger partial charge in [-0.15, -0.1) is 0 Å². The summed E-state index contributed by atoms with van der Waals surface area (Å²) in [5, 5.41) is 19.6. The van der Waals surface area contributed by atoms with Crippen molar-refractivity contribution in [2.24, 2.45) is 5.10 Å². The van der Waals surface area contributed by atoms with Gasteiger partial charge >= 0.3 is 0 Å². The number of carbonyl (C=O) groups is 1.